The van der Waals surface area contributed by atoms with Crippen molar-refractivity contribution in [3.63, 3.8) is 0 Å². The maximum absolute atomic E-state index is 10.1. The summed E-state index contributed by atoms with van der Waals surface area (Å²) in [5, 5.41) is 14.1. The Labute approximate surface area is 125 Å². The molecule has 0 aliphatic carbocycles. The first-order valence-electron chi connectivity index (χ1n) is 7.11. The highest BCUT2D eigenvalue weighted by atomic mass is 35.5. The second kappa shape index (κ2) is 7.16. The predicted octanol–water partition coefficient (Wildman–Crippen LogP) is 2.63. The average Bonchev–Trinajstić information content (AvgIpc) is 2.92. The Kier molecular flexibility index (Phi) is 5.52. The summed E-state index contributed by atoms with van der Waals surface area (Å²) in [6.07, 6.45) is 2.61. The Bertz CT molecular complexity index is 448. The first kappa shape index (κ1) is 15.4. The van der Waals surface area contributed by atoms with E-state index in [1.54, 1.807) is 12.1 Å². The van der Waals surface area contributed by atoms with E-state index in [1.807, 2.05) is 0 Å². The number of ether oxygens (including phenoxy) is 1. The minimum absolute atomic E-state index is 0.165. The highest BCUT2D eigenvalue weighted by Gasteiger charge is 2.15. The third-order valence-electron chi connectivity index (χ3n) is 3.71. The molecule has 4 nitrogen and oxygen atoms in total. The smallest absolute Gasteiger partial charge is 0.162 e. The minimum atomic E-state index is 0.165. The number of methoxy groups -OCH3 is 1. The van der Waals surface area contributed by atoms with Gasteiger partial charge >= 0.3 is 0 Å². The van der Waals surface area contributed by atoms with Crippen LogP contribution in [0.4, 0.5) is 0 Å². The molecule has 5 heteroatoms. The van der Waals surface area contributed by atoms with Gasteiger partial charge in [0.1, 0.15) is 0 Å². The normalized spacial score (nSPS) is 17.4. The molecule has 0 amide bonds. The number of halogens is 1. The van der Waals surface area contributed by atoms with E-state index in [9.17, 15) is 5.11 Å². The van der Waals surface area contributed by atoms with Crippen molar-refractivity contribution in [2.75, 3.05) is 26.7 Å². The highest BCUT2D eigenvalue weighted by molar-refractivity contribution is 6.30. The van der Waals surface area contributed by atoms with Crippen LogP contribution in [0.3, 0.4) is 0 Å². The summed E-state index contributed by atoms with van der Waals surface area (Å²) in [7, 11) is 1.53. The van der Waals surface area contributed by atoms with E-state index in [4.69, 9.17) is 16.3 Å². The molecule has 1 atom stereocenters. The number of phenols is 1. The van der Waals surface area contributed by atoms with Crippen LogP contribution in [-0.4, -0.2) is 42.8 Å². The maximum atomic E-state index is 10.1. The van der Waals surface area contributed by atoms with Gasteiger partial charge in [-0.3, -0.25) is 0 Å². The van der Waals surface area contributed by atoms with Gasteiger partial charge < -0.3 is 20.1 Å². The lowest BCUT2D eigenvalue weighted by Gasteiger charge is -2.21. The van der Waals surface area contributed by atoms with E-state index in [2.05, 4.69) is 17.1 Å². The zero-order valence-electron chi connectivity index (χ0n) is 12.2. The molecule has 1 heterocycles. The SMILES string of the molecule is COc1cc(Cl)cc(CNC(C)CN2CCCC2)c1O. The molecule has 0 aromatic heterocycles. The van der Waals surface area contributed by atoms with Crippen molar-refractivity contribution >= 4 is 11.6 Å². The number of nitrogens with one attached hydrogen (secondary N) is 1. The molecule has 1 saturated heterocycles. The molecule has 20 heavy (non-hydrogen) atoms. The second-order valence-corrected chi connectivity index (χ2v) is 5.84. The van der Waals surface area contributed by atoms with Gasteiger partial charge in [-0.25, -0.2) is 0 Å². The predicted molar refractivity (Wildman–Crippen MR) is 81.6 cm³/mol. The van der Waals surface area contributed by atoms with Crippen LogP contribution in [0.25, 0.3) is 0 Å². The molecule has 2 N–H and O–H groups in total. The lowest BCUT2D eigenvalue weighted by atomic mass is 10.1. The third kappa shape index (κ3) is 4.01. The Hall–Kier alpha value is -0.970. The monoisotopic (exact) mass is 298 g/mol. The van der Waals surface area contributed by atoms with Gasteiger partial charge in [-0.1, -0.05) is 11.6 Å². The van der Waals surface area contributed by atoms with Gasteiger partial charge in [0.05, 0.1) is 7.11 Å². The summed E-state index contributed by atoms with van der Waals surface area (Å²) in [5.41, 5.74) is 0.766. The van der Waals surface area contributed by atoms with Gasteiger partial charge in [0, 0.05) is 35.8 Å². The molecule has 1 fully saturated rings. The zero-order chi connectivity index (χ0) is 14.5. The lowest BCUT2D eigenvalue weighted by molar-refractivity contribution is 0.297. The van der Waals surface area contributed by atoms with Crippen LogP contribution >= 0.6 is 11.6 Å². The van der Waals surface area contributed by atoms with Gasteiger partial charge in [-0.2, -0.15) is 0 Å². The highest BCUT2D eigenvalue weighted by Crippen LogP contribution is 2.33. The lowest BCUT2D eigenvalue weighted by Crippen LogP contribution is -2.37. The molecule has 1 aromatic rings. The molecule has 0 saturated carbocycles. The topological polar surface area (TPSA) is 44.7 Å². The first-order chi connectivity index (χ1) is 9.60. The summed E-state index contributed by atoms with van der Waals surface area (Å²) in [6, 6.07) is 3.76. The summed E-state index contributed by atoms with van der Waals surface area (Å²) >= 11 is 6.03. The van der Waals surface area contributed by atoms with Gasteiger partial charge in [0.15, 0.2) is 11.5 Å². The van der Waals surface area contributed by atoms with Gasteiger partial charge in [-0.05, 0) is 38.9 Å². The molecular weight excluding hydrogens is 276 g/mol. The molecule has 1 unspecified atom stereocenters. The van der Waals surface area contributed by atoms with E-state index < -0.39 is 0 Å². The summed E-state index contributed by atoms with van der Waals surface area (Å²) in [5.74, 6) is 0.583. The van der Waals surface area contributed by atoms with E-state index in [1.165, 1.54) is 33.0 Å². The molecule has 1 aliphatic rings. The van der Waals surface area contributed by atoms with Crippen molar-refractivity contribution in [2.45, 2.75) is 32.4 Å². The quantitative estimate of drug-likeness (QED) is 0.847. The standard InChI is InChI=1S/C15H23ClN2O2/c1-11(10-18-5-3-4-6-18)17-9-12-7-13(16)8-14(20-2)15(12)19/h7-8,11,17,19H,3-6,9-10H2,1-2H3. The van der Waals surface area contributed by atoms with Crippen molar-refractivity contribution in [2.24, 2.45) is 0 Å². The van der Waals surface area contributed by atoms with E-state index in [-0.39, 0.29) is 5.75 Å². The van der Waals surface area contributed by atoms with Crippen LogP contribution < -0.4 is 10.1 Å². The number of aromatic hydroxyl groups is 1. The van der Waals surface area contributed by atoms with E-state index in [0.717, 1.165) is 12.1 Å². The molecule has 112 valence electrons. The summed E-state index contributed by atoms with van der Waals surface area (Å²) in [6.45, 7) is 6.18. The largest absolute Gasteiger partial charge is 0.504 e. The Morgan fingerprint density at radius 2 is 2.10 bits per heavy atom. The van der Waals surface area contributed by atoms with Crippen LogP contribution in [0.1, 0.15) is 25.3 Å². The van der Waals surface area contributed by atoms with Crippen molar-refractivity contribution in [3.05, 3.63) is 22.7 Å². The molecule has 2 rings (SSSR count). The van der Waals surface area contributed by atoms with Crippen LogP contribution in [0, 0.1) is 0 Å². The number of hydrogen-bond donors (Lipinski definition) is 2. The Morgan fingerprint density at radius 3 is 2.75 bits per heavy atom. The van der Waals surface area contributed by atoms with Crippen molar-refractivity contribution < 1.29 is 9.84 Å². The molecule has 0 spiro atoms. The summed E-state index contributed by atoms with van der Waals surface area (Å²) in [4.78, 5) is 2.47. The number of hydrogen-bond acceptors (Lipinski definition) is 4. The number of nitrogens with zero attached hydrogens (tertiary/aromatic N) is 1. The minimum Gasteiger partial charge on any atom is -0.504 e. The van der Waals surface area contributed by atoms with Crippen LogP contribution in [0.5, 0.6) is 11.5 Å². The van der Waals surface area contributed by atoms with E-state index in [0.29, 0.717) is 23.4 Å². The third-order valence-corrected chi connectivity index (χ3v) is 3.93. The average molecular weight is 299 g/mol. The number of rotatable bonds is 6. The first-order valence-corrected chi connectivity index (χ1v) is 7.49. The molecular formula is C15H23ClN2O2. The van der Waals surface area contributed by atoms with Gasteiger partial charge in [-0.15, -0.1) is 0 Å². The number of benzene rings is 1. The fraction of sp³-hybridized carbons (Fsp3) is 0.600. The molecule has 0 bridgehead atoms. The Morgan fingerprint density at radius 1 is 1.40 bits per heavy atom. The van der Waals surface area contributed by atoms with Crippen molar-refractivity contribution in [1.82, 2.24) is 10.2 Å². The van der Waals surface area contributed by atoms with Crippen LogP contribution in [-0.2, 0) is 6.54 Å². The number of likely N-dealkylation sites (tertiary alicyclic amines) is 1. The van der Waals surface area contributed by atoms with Gasteiger partial charge in [0.2, 0.25) is 0 Å². The molecule has 1 aromatic carbocycles. The van der Waals surface area contributed by atoms with Crippen molar-refractivity contribution in [1.29, 1.82) is 0 Å². The Balaban J connectivity index is 1.91. The molecule has 1 aliphatic heterocycles. The molecule has 0 radical (unpaired) electrons. The van der Waals surface area contributed by atoms with Crippen molar-refractivity contribution in [3.8, 4) is 11.5 Å². The van der Waals surface area contributed by atoms with E-state index >= 15 is 0 Å². The maximum Gasteiger partial charge on any atom is 0.162 e. The number of phenolic OH excluding ortho intramolecular Hbond substituents is 1. The zero-order valence-corrected chi connectivity index (χ0v) is 12.9. The van der Waals surface area contributed by atoms with Crippen LogP contribution in [0.15, 0.2) is 12.1 Å². The second-order valence-electron chi connectivity index (χ2n) is 5.41. The summed E-state index contributed by atoms with van der Waals surface area (Å²) < 4.78 is 5.11. The van der Waals surface area contributed by atoms with Crippen LogP contribution in [0.2, 0.25) is 5.02 Å². The fourth-order valence-electron chi connectivity index (χ4n) is 2.62. The van der Waals surface area contributed by atoms with Gasteiger partial charge in [0.25, 0.3) is 0 Å². The fourth-order valence-corrected chi connectivity index (χ4v) is 2.85.